The van der Waals surface area contributed by atoms with Crippen molar-refractivity contribution in [2.24, 2.45) is 21.8 Å². The Labute approximate surface area is 136 Å². The molecule has 2 unspecified atom stereocenters. The molecule has 122 valence electrons. The van der Waals surface area contributed by atoms with Crippen LogP contribution in [0.25, 0.3) is 0 Å². The number of rotatable bonds is 2. The fourth-order valence-electron chi connectivity index (χ4n) is 4.63. The molecule has 4 rings (SSSR count). The molecule has 1 heterocycles. The standard InChI is InChI=1S/C17H20N2O3S/c1-11-4-6-13(7-5-11)23(21,22)19-15(20)17-9-8-12(16(17,2)3)10-14(17)18-19/h4-7,12H,8-10H2,1-3H3. The molecule has 1 aliphatic heterocycles. The lowest BCUT2D eigenvalue weighted by Crippen LogP contribution is -2.45. The van der Waals surface area contributed by atoms with Crippen molar-refractivity contribution >= 4 is 21.6 Å². The molecular formula is C17H20N2O3S. The van der Waals surface area contributed by atoms with Gasteiger partial charge in [-0.3, -0.25) is 4.79 Å². The molecule has 2 aliphatic carbocycles. The molecule has 1 aromatic rings. The van der Waals surface area contributed by atoms with Crippen LogP contribution in [0, 0.1) is 23.7 Å². The van der Waals surface area contributed by atoms with Gasteiger partial charge in [-0.2, -0.15) is 13.5 Å². The molecular weight excluding hydrogens is 312 g/mol. The van der Waals surface area contributed by atoms with Gasteiger partial charge < -0.3 is 0 Å². The fraction of sp³-hybridized carbons (Fsp3) is 0.529. The van der Waals surface area contributed by atoms with Gasteiger partial charge in [0.15, 0.2) is 0 Å². The Bertz CT molecular complexity index is 839. The van der Waals surface area contributed by atoms with E-state index in [4.69, 9.17) is 0 Å². The minimum atomic E-state index is -3.93. The lowest BCUT2D eigenvalue weighted by Gasteiger charge is -2.33. The Morgan fingerprint density at radius 1 is 1.22 bits per heavy atom. The number of benzene rings is 1. The minimum Gasteiger partial charge on any atom is -0.271 e. The van der Waals surface area contributed by atoms with Gasteiger partial charge in [-0.1, -0.05) is 31.5 Å². The van der Waals surface area contributed by atoms with Crippen molar-refractivity contribution in [2.75, 3.05) is 0 Å². The summed E-state index contributed by atoms with van der Waals surface area (Å²) >= 11 is 0. The van der Waals surface area contributed by atoms with Crippen molar-refractivity contribution in [3.8, 4) is 0 Å². The molecule has 2 bridgehead atoms. The van der Waals surface area contributed by atoms with Crippen LogP contribution in [0.1, 0.15) is 38.7 Å². The van der Waals surface area contributed by atoms with Crippen molar-refractivity contribution in [3.05, 3.63) is 29.8 Å². The minimum absolute atomic E-state index is 0.115. The average Bonchev–Trinajstić information content (AvgIpc) is 3.03. The zero-order valence-corrected chi connectivity index (χ0v) is 14.4. The van der Waals surface area contributed by atoms with Crippen molar-refractivity contribution < 1.29 is 13.2 Å². The van der Waals surface area contributed by atoms with Gasteiger partial charge in [-0.05, 0) is 49.7 Å². The number of hydrogen-bond donors (Lipinski definition) is 0. The van der Waals surface area contributed by atoms with E-state index >= 15 is 0 Å². The second kappa shape index (κ2) is 4.23. The smallest absolute Gasteiger partial charge is 0.271 e. The topological polar surface area (TPSA) is 66.8 Å². The summed E-state index contributed by atoms with van der Waals surface area (Å²) in [5, 5.41) is 4.28. The van der Waals surface area contributed by atoms with Gasteiger partial charge in [0, 0.05) is 0 Å². The van der Waals surface area contributed by atoms with E-state index in [-0.39, 0.29) is 16.2 Å². The van der Waals surface area contributed by atoms with Crippen LogP contribution in [-0.2, 0) is 14.8 Å². The summed E-state index contributed by atoms with van der Waals surface area (Å²) < 4.78 is 26.5. The lowest BCUT2D eigenvalue weighted by atomic mass is 9.68. The Morgan fingerprint density at radius 2 is 1.87 bits per heavy atom. The van der Waals surface area contributed by atoms with E-state index in [1.165, 1.54) is 12.1 Å². The van der Waals surface area contributed by atoms with Gasteiger partial charge in [0.25, 0.3) is 15.9 Å². The number of nitrogens with zero attached hydrogens (tertiary/aromatic N) is 2. The second-order valence-electron chi connectivity index (χ2n) is 7.48. The first-order valence-corrected chi connectivity index (χ1v) is 9.40. The van der Waals surface area contributed by atoms with E-state index in [2.05, 4.69) is 18.9 Å². The number of aryl methyl sites for hydroxylation is 1. The summed E-state index contributed by atoms with van der Waals surface area (Å²) in [7, 11) is -3.93. The first-order valence-electron chi connectivity index (χ1n) is 7.96. The SMILES string of the molecule is Cc1ccc(S(=O)(=O)N2N=C3CC4CCC3(C2=O)C4(C)C)cc1. The van der Waals surface area contributed by atoms with Gasteiger partial charge in [0.05, 0.1) is 16.0 Å². The number of amides is 1. The van der Waals surface area contributed by atoms with Gasteiger partial charge in [0.2, 0.25) is 0 Å². The maximum Gasteiger partial charge on any atom is 0.286 e. The third-order valence-corrected chi connectivity index (χ3v) is 7.79. The molecule has 0 aromatic heterocycles. The summed E-state index contributed by atoms with van der Waals surface area (Å²) in [6.45, 7) is 6.04. The average molecular weight is 332 g/mol. The van der Waals surface area contributed by atoms with Crippen molar-refractivity contribution in [2.45, 2.75) is 44.9 Å². The van der Waals surface area contributed by atoms with Crippen LogP contribution in [0.15, 0.2) is 34.3 Å². The van der Waals surface area contributed by atoms with E-state index < -0.39 is 15.4 Å². The molecule has 1 aromatic carbocycles. The van der Waals surface area contributed by atoms with Crippen LogP contribution in [0.4, 0.5) is 0 Å². The lowest BCUT2D eigenvalue weighted by molar-refractivity contribution is -0.135. The molecule has 0 saturated heterocycles. The molecule has 0 N–H and O–H groups in total. The second-order valence-corrected chi connectivity index (χ2v) is 9.25. The van der Waals surface area contributed by atoms with Gasteiger partial charge >= 0.3 is 0 Å². The number of hydrogen-bond acceptors (Lipinski definition) is 4. The molecule has 3 aliphatic rings. The first kappa shape index (κ1) is 14.9. The Kier molecular flexibility index (Phi) is 2.74. The van der Waals surface area contributed by atoms with Crippen LogP contribution in [-0.4, -0.2) is 24.5 Å². The molecule has 2 saturated carbocycles. The normalized spacial score (nSPS) is 31.4. The fourth-order valence-corrected chi connectivity index (χ4v) is 5.89. The van der Waals surface area contributed by atoms with Crippen LogP contribution in [0.5, 0.6) is 0 Å². The van der Waals surface area contributed by atoms with Gasteiger partial charge in [-0.15, -0.1) is 4.41 Å². The maximum atomic E-state index is 13.1. The number of carbonyl (C=O) groups is 1. The Morgan fingerprint density at radius 3 is 2.43 bits per heavy atom. The quantitative estimate of drug-likeness (QED) is 0.836. The monoisotopic (exact) mass is 332 g/mol. The molecule has 6 heteroatoms. The molecule has 0 radical (unpaired) electrons. The highest BCUT2D eigenvalue weighted by Crippen LogP contribution is 2.66. The largest absolute Gasteiger partial charge is 0.286 e. The van der Waals surface area contributed by atoms with Crippen molar-refractivity contribution in [1.29, 1.82) is 0 Å². The summed E-state index contributed by atoms with van der Waals surface area (Å²) in [5.74, 6) is 0.0625. The summed E-state index contributed by atoms with van der Waals surface area (Å²) in [5.41, 5.74) is 0.799. The molecule has 1 amide bonds. The summed E-state index contributed by atoms with van der Waals surface area (Å²) in [6, 6.07) is 6.53. The van der Waals surface area contributed by atoms with Gasteiger partial charge in [0.1, 0.15) is 0 Å². The third-order valence-electron chi connectivity index (χ3n) is 6.22. The van der Waals surface area contributed by atoms with E-state index in [9.17, 15) is 13.2 Å². The van der Waals surface area contributed by atoms with Crippen LogP contribution < -0.4 is 0 Å². The molecule has 2 fully saturated rings. The molecule has 1 spiro atoms. The first-order chi connectivity index (χ1) is 10.7. The summed E-state index contributed by atoms with van der Waals surface area (Å²) in [6.07, 6.45) is 2.41. The highest BCUT2D eigenvalue weighted by molar-refractivity contribution is 7.89. The number of carbonyl (C=O) groups excluding carboxylic acids is 1. The van der Waals surface area contributed by atoms with Crippen LogP contribution in [0.3, 0.4) is 0 Å². The number of hydrazone groups is 1. The summed E-state index contributed by atoms with van der Waals surface area (Å²) in [4.78, 5) is 13.2. The van der Waals surface area contributed by atoms with Crippen molar-refractivity contribution in [3.63, 3.8) is 0 Å². The number of fused-ring (bicyclic) bond motifs is 1. The molecule has 23 heavy (non-hydrogen) atoms. The van der Waals surface area contributed by atoms with Gasteiger partial charge in [-0.25, -0.2) is 0 Å². The molecule has 5 nitrogen and oxygen atoms in total. The van der Waals surface area contributed by atoms with E-state index in [1.807, 2.05) is 6.92 Å². The van der Waals surface area contributed by atoms with E-state index in [1.54, 1.807) is 12.1 Å². The maximum absolute atomic E-state index is 13.1. The zero-order valence-electron chi connectivity index (χ0n) is 13.5. The van der Waals surface area contributed by atoms with Crippen LogP contribution in [0.2, 0.25) is 0 Å². The highest BCUT2D eigenvalue weighted by Gasteiger charge is 2.71. The highest BCUT2D eigenvalue weighted by atomic mass is 32.2. The van der Waals surface area contributed by atoms with Crippen molar-refractivity contribution in [1.82, 2.24) is 4.41 Å². The third kappa shape index (κ3) is 1.60. The van der Waals surface area contributed by atoms with E-state index in [0.29, 0.717) is 12.3 Å². The zero-order chi connectivity index (χ0) is 16.6. The van der Waals surface area contributed by atoms with Crippen LogP contribution >= 0.6 is 0 Å². The predicted octanol–water partition coefficient (Wildman–Crippen LogP) is 2.71. The Balaban J connectivity index is 1.80. The van der Waals surface area contributed by atoms with E-state index in [0.717, 1.165) is 28.5 Å². The predicted molar refractivity (Wildman–Crippen MR) is 86.2 cm³/mol. The molecule has 2 atom stereocenters. The number of sulfonamides is 1. The Hall–Kier alpha value is -1.69.